The molecular weight excluding hydrogens is 408 g/mol. The molecule has 4 rings (SSSR count). The van der Waals surface area contributed by atoms with Gasteiger partial charge in [0.25, 0.3) is 0 Å². The number of phenolic OH excluding ortho intramolecular Hbond substituents is 1. The number of phenols is 1. The van der Waals surface area contributed by atoms with Gasteiger partial charge in [-0.15, -0.1) is 0 Å². The van der Waals surface area contributed by atoms with E-state index < -0.39 is 6.03 Å². The van der Waals surface area contributed by atoms with Gasteiger partial charge in [0.1, 0.15) is 17.6 Å². The van der Waals surface area contributed by atoms with Crippen LogP contribution in [0.4, 0.5) is 22.0 Å². The van der Waals surface area contributed by atoms with Crippen molar-refractivity contribution in [1.29, 1.82) is 0 Å². The zero-order chi connectivity index (χ0) is 22.8. The number of anilines is 3. The first-order valence-corrected chi connectivity index (χ1v) is 9.98. The number of hydrogen-bond acceptors (Lipinski definition) is 6. The highest BCUT2D eigenvalue weighted by Crippen LogP contribution is 2.28. The molecule has 2 aromatic carbocycles. The number of benzene rings is 2. The van der Waals surface area contributed by atoms with Crippen LogP contribution in [0.5, 0.6) is 5.75 Å². The number of rotatable bonds is 5. The molecule has 2 heterocycles. The molecule has 4 aromatic rings. The van der Waals surface area contributed by atoms with Crippen molar-refractivity contribution in [3.05, 3.63) is 77.7 Å². The minimum Gasteiger partial charge on any atom is -0.506 e. The number of aromatic hydroxyl groups is 1. The highest BCUT2D eigenvalue weighted by Gasteiger charge is 2.22. The Bertz CT molecular complexity index is 1330. The van der Waals surface area contributed by atoms with Crippen LogP contribution in [0.25, 0.3) is 5.52 Å². The summed E-state index contributed by atoms with van der Waals surface area (Å²) >= 11 is 0. The van der Waals surface area contributed by atoms with Crippen molar-refractivity contribution in [2.24, 2.45) is 0 Å². The van der Waals surface area contributed by atoms with E-state index in [4.69, 9.17) is 5.73 Å². The number of carbonyl (C=O) groups excluding carboxylic acids is 2. The number of nitrogens with two attached hydrogens (primary N) is 1. The minimum absolute atomic E-state index is 0.0482. The second-order valence-electron chi connectivity index (χ2n) is 7.55. The molecule has 5 N–H and O–H groups in total. The minimum atomic E-state index is -0.551. The summed E-state index contributed by atoms with van der Waals surface area (Å²) in [4.78, 5) is 29.7. The zero-order valence-corrected chi connectivity index (χ0v) is 17.5. The van der Waals surface area contributed by atoms with Gasteiger partial charge >= 0.3 is 6.03 Å². The predicted octanol–water partition coefficient (Wildman–Crippen LogP) is 4.02. The highest BCUT2D eigenvalue weighted by atomic mass is 16.3. The van der Waals surface area contributed by atoms with Crippen LogP contribution in [0, 0.1) is 0 Å². The number of para-hydroxylation sites is 2. The third-order valence-electron chi connectivity index (χ3n) is 4.98. The summed E-state index contributed by atoms with van der Waals surface area (Å²) in [6, 6.07) is 14.2. The van der Waals surface area contributed by atoms with Gasteiger partial charge in [-0.2, -0.15) is 5.10 Å². The third kappa shape index (κ3) is 3.95. The van der Waals surface area contributed by atoms with Crippen molar-refractivity contribution in [1.82, 2.24) is 14.6 Å². The second-order valence-corrected chi connectivity index (χ2v) is 7.55. The van der Waals surface area contributed by atoms with Gasteiger partial charge in [0.2, 0.25) is 0 Å². The quantitative estimate of drug-likeness (QED) is 0.279. The Labute approximate surface area is 183 Å². The molecule has 0 unspecified atom stereocenters. The lowest BCUT2D eigenvalue weighted by molar-refractivity contribution is 0.104. The Hall–Kier alpha value is -4.40. The Balaban J connectivity index is 1.62. The van der Waals surface area contributed by atoms with Crippen LogP contribution in [0.3, 0.4) is 0 Å². The molecular formula is C23H22N6O3. The van der Waals surface area contributed by atoms with E-state index in [9.17, 15) is 14.7 Å². The monoisotopic (exact) mass is 430 g/mol. The highest BCUT2D eigenvalue weighted by molar-refractivity contribution is 6.15. The van der Waals surface area contributed by atoms with Gasteiger partial charge in [-0.05, 0) is 36.2 Å². The molecule has 0 radical (unpaired) electrons. The summed E-state index contributed by atoms with van der Waals surface area (Å²) in [5, 5.41) is 19.3. The maximum absolute atomic E-state index is 13.3. The molecule has 2 aromatic heterocycles. The zero-order valence-electron chi connectivity index (χ0n) is 17.5. The van der Waals surface area contributed by atoms with Crippen molar-refractivity contribution in [2.75, 3.05) is 16.4 Å². The van der Waals surface area contributed by atoms with E-state index in [2.05, 4.69) is 20.7 Å². The Morgan fingerprint density at radius 2 is 1.84 bits per heavy atom. The van der Waals surface area contributed by atoms with Crippen LogP contribution >= 0.6 is 0 Å². The van der Waals surface area contributed by atoms with Gasteiger partial charge in [-0.3, -0.25) is 4.79 Å². The molecule has 0 aliphatic heterocycles. The average Bonchev–Trinajstić information content (AvgIpc) is 3.16. The SMILES string of the molecule is CC(C)c1cc(C(=O)c2cccc(NC(=O)Nc3ccccc3O)c2)c2c(N)ncnn12. The summed E-state index contributed by atoms with van der Waals surface area (Å²) in [5.74, 6) is 0.0182. The van der Waals surface area contributed by atoms with E-state index in [1.54, 1.807) is 53.0 Å². The predicted molar refractivity (Wildman–Crippen MR) is 122 cm³/mol. The van der Waals surface area contributed by atoms with Crippen LogP contribution < -0.4 is 16.4 Å². The lowest BCUT2D eigenvalue weighted by Gasteiger charge is -2.10. The van der Waals surface area contributed by atoms with Crippen molar-refractivity contribution >= 4 is 34.5 Å². The largest absolute Gasteiger partial charge is 0.506 e. The topological polar surface area (TPSA) is 135 Å². The maximum atomic E-state index is 13.3. The molecule has 2 amide bonds. The molecule has 0 saturated heterocycles. The van der Waals surface area contributed by atoms with Gasteiger partial charge in [-0.1, -0.05) is 38.1 Å². The number of urea groups is 1. The number of aromatic nitrogens is 3. The standard InChI is InChI=1S/C23H22N6O3/c1-13(2)18-11-16(20-22(24)25-12-26-29(18)20)21(31)14-6-5-7-15(10-14)27-23(32)28-17-8-3-4-9-19(17)30/h3-13,30H,1-2H3,(H2,24,25,26)(H2,27,28,32). The number of nitrogens with one attached hydrogen (secondary N) is 2. The van der Waals surface area contributed by atoms with Gasteiger partial charge in [-0.25, -0.2) is 14.3 Å². The molecule has 162 valence electrons. The number of fused-ring (bicyclic) bond motifs is 1. The van der Waals surface area contributed by atoms with Gasteiger partial charge in [0, 0.05) is 16.9 Å². The smallest absolute Gasteiger partial charge is 0.323 e. The molecule has 9 heteroatoms. The first-order chi connectivity index (χ1) is 15.3. The van der Waals surface area contributed by atoms with Crippen LogP contribution in [0.15, 0.2) is 60.9 Å². The summed E-state index contributed by atoms with van der Waals surface area (Å²) in [7, 11) is 0. The fourth-order valence-electron chi connectivity index (χ4n) is 3.43. The molecule has 0 atom stereocenters. The van der Waals surface area contributed by atoms with Crippen LogP contribution in [0.1, 0.15) is 41.4 Å². The molecule has 0 aliphatic rings. The number of amides is 2. The van der Waals surface area contributed by atoms with Crippen molar-refractivity contribution in [3.63, 3.8) is 0 Å². The normalized spacial score (nSPS) is 11.0. The van der Waals surface area contributed by atoms with Crippen molar-refractivity contribution in [2.45, 2.75) is 19.8 Å². The van der Waals surface area contributed by atoms with E-state index in [-0.39, 0.29) is 29.0 Å². The fraction of sp³-hybridized carbons (Fsp3) is 0.130. The molecule has 0 spiro atoms. The number of nitrogen functional groups attached to an aromatic ring is 1. The Kier molecular flexibility index (Phi) is 5.46. The number of carbonyl (C=O) groups is 2. The first-order valence-electron chi connectivity index (χ1n) is 9.98. The Morgan fingerprint density at radius 1 is 1.06 bits per heavy atom. The molecule has 32 heavy (non-hydrogen) atoms. The van der Waals surface area contributed by atoms with Crippen LogP contribution in [-0.4, -0.2) is 31.5 Å². The summed E-state index contributed by atoms with van der Waals surface area (Å²) in [5.41, 5.74) is 8.81. The van der Waals surface area contributed by atoms with E-state index in [0.29, 0.717) is 22.3 Å². The molecule has 9 nitrogen and oxygen atoms in total. The molecule has 0 fully saturated rings. The van der Waals surface area contributed by atoms with E-state index >= 15 is 0 Å². The molecule has 0 aliphatic carbocycles. The second kappa shape index (κ2) is 8.38. The van der Waals surface area contributed by atoms with Gasteiger partial charge in [0.05, 0.1) is 11.3 Å². The van der Waals surface area contributed by atoms with Crippen molar-refractivity contribution in [3.8, 4) is 5.75 Å². The van der Waals surface area contributed by atoms with Crippen LogP contribution in [0.2, 0.25) is 0 Å². The molecule has 0 bridgehead atoms. The van der Waals surface area contributed by atoms with E-state index in [1.165, 1.54) is 12.4 Å². The number of ketones is 1. The Morgan fingerprint density at radius 3 is 2.59 bits per heavy atom. The fourth-order valence-corrected chi connectivity index (χ4v) is 3.43. The lowest BCUT2D eigenvalue weighted by Crippen LogP contribution is -2.19. The van der Waals surface area contributed by atoms with Crippen molar-refractivity contribution < 1.29 is 14.7 Å². The average molecular weight is 430 g/mol. The maximum Gasteiger partial charge on any atom is 0.323 e. The molecule has 0 saturated carbocycles. The van der Waals surface area contributed by atoms with Gasteiger partial charge in [0.15, 0.2) is 11.6 Å². The third-order valence-corrected chi connectivity index (χ3v) is 4.98. The number of hydrogen-bond donors (Lipinski definition) is 4. The summed E-state index contributed by atoms with van der Waals surface area (Å²) in [6.07, 6.45) is 1.36. The number of nitrogens with zero attached hydrogens (tertiary/aromatic N) is 3. The summed E-state index contributed by atoms with van der Waals surface area (Å²) in [6.45, 7) is 4.00. The van der Waals surface area contributed by atoms with E-state index in [1.807, 2.05) is 13.8 Å². The van der Waals surface area contributed by atoms with E-state index in [0.717, 1.165) is 5.69 Å². The summed E-state index contributed by atoms with van der Waals surface area (Å²) < 4.78 is 1.64. The van der Waals surface area contributed by atoms with Crippen LogP contribution in [-0.2, 0) is 0 Å². The first kappa shape index (κ1) is 20.9. The lowest BCUT2D eigenvalue weighted by atomic mass is 10.0. The van der Waals surface area contributed by atoms with Gasteiger partial charge < -0.3 is 21.5 Å².